The molecule has 1 aromatic heterocycles. The normalized spacial score (nSPS) is 10.4. The van der Waals surface area contributed by atoms with E-state index in [-0.39, 0.29) is 11.6 Å². The Labute approximate surface area is 151 Å². The first-order valence-electron chi connectivity index (χ1n) is 8.21. The maximum absolute atomic E-state index is 13.0. The molecular weight excluding hydrogens is 331 g/mol. The molecule has 0 saturated carbocycles. The van der Waals surface area contributed by atoms with Crippen molar-refractivity contribution in [2.75, 3.05) is 10.6 Å². The summed E-state index contributed by atoms with van der Waals surface area (Å²) in [5, 5.41) is 6.42. The Balaban J connectivity index is 1.70. The second-order valence-corrected chi connectivity index (χ2v) is 5.92. The molecule has 3 aromatic rings. The number of nitrogens with zero attached hydrogens (tertiary/aromatic N) is 2. The van der Waals surface area contributed by atoms with Gasteiger partial charge in [-0.3, -0.25) is 4.79 Å². The van der Waals surface area contributed by atoms with Crippen molar-refractivity contribution in [3.05, 3.63) is 77.4 Å². The van der Waals surface area contributed by atoms with E-state index in [0.717, 1.165) is 11.3 Å². The van der Waals surface area contributed by atoms with E-state index in [0.29, 0.717) is 29.6 Å². The zero-order valence-corrected chi connectivity index (χ0v) is 14.6. The van der Waals surface area contributed by atoms with Crippen LogP contribution in [0.4, 0.5) is 21.7 Å². The fraction of sp³-hybridized carbons (Fsp3) is 0.150. The van der Waals surface area contributed by atoms with Crippen LogP contribution in [0, 0.1) is 12.7 Å². The Morgan fingerprint density at radius 2 is 1.65 bits per heavy atom. The van der Waals surface area contributed by atoms with Crippen LogP contribution in [0.1, 0.15) is 28.7 Å². The maximum Gasteiger partial charge on any atom is 0.159 e. The van der Waals surface area contributed by atoms with Gasteiger partial charge in [-0.25, -0.2) is 14.4 Å². The minimum atomic E-state index is -0.256. The Morgan fingerprint density at radius 3 is 2.31 bits per heavy atom. The minimum Gasteiger partial charge on any atom is -0.366 e. The first-order chi connectivity index (χ1) is 12.5. The average molecular weight is 350 g/mol. The van der Waals surface area contributed by atoms with Gasteiger partial charge in [0.1, 0.15) is 23.3 Å². The second kappa shape index (κ2) is 7.74. The number of carbonyl (C=O) groups excluding carboxylic acids is 1. The van der Waals surface area contributed by atoms with Crippen LogP contribution in [0.5, 0.6) is 0 Å². The summed E-state index contributed by atoms with van der Waals surface area (Å²) in [6.45, 7) is 3.88. The summed E-state index contributed by atoms with van der Waals surface area (Å²) >= 11 is 0. The first-order valence-corrected chi connectivity index (χ1v) is 8.21. The van der Waals surface area contributed by atoms with Gasteiger partial charge < -0.3 is 10.6 Å². The van der Waals surface area contributed by atoms with Gasteiger partial charge in [0.05, 0.1) is 0 Å². The number of benzene rings is 2. The van der Waals surface area contributed by atoms with Crippen LogP contribution in [0.25, 0.3) is 0 Å². The van der Waals surface area contributed by atoms with Gasteiger partial charge in [-0.05, 0) is 55.8 Å². The largest absolute Gasteiger partial charge is 0.366 e. The summed E-state index contributed by atoms with van der Waals surface area (Å²) in [4.78, 5) is 20.1. The summed E-state index contributed by atoms with van der Waals surface area (Å²) in [5.74, 6) is 1.71. The van der Waals surface area contributed by atoms with Crippen LogP contribution in [0.2, 0.25) is 0 Å². The molecule has 0 fully saturated rings. The number of carbonyl (C=O) groups is 1. The summed E-state index contributed by atoms with van der Waals surface area (Å²) in [7, 11) is 0. The molecule has 0 atom stereocenters. The number of nitrogens with one attached hydrogen (secondary N) is 2. The number of anilines is 3. The Bertz CT molecular complexity index is 908. The quantitative estimate of drug-likeness (QED) is 0.642. The maximum atomic E-state index is 13.0. The van der Waals surface area contributed by atoms with Gasteiger partial charge in [0.25, 0.3) is 0 Å². The van der Waals surface area contributed by atoms with Crippen molar-refractivity contribution in [1.82, 2.24) is 9.97 Å². The highest BCUT2D eigenvalue weighted by Gasteiger charge is 2.04. The molecule has 0 radical (unpaired) electrons. The fourth-order valence-corrected chi connectivity index (χ4v) is 2.45. The van der Waals surface area contributed by atoms with Gasteiger partial charge in [-0.1, -0.05) is 12.1 Å². The van der Waals surface area contributed by atoms with Crippen LogP contribution in [0.3, 0.4) is 0 Å². The van der Waals surface area contributed by atoms with Crippen molar-refractivity contribution in [3.8, 4) is 0 Å². The van der Waals surface area contributed by atoms with Gasteiger partial charge in [0.2, 0.25) is 0 Å². The third-order valence-corrected chi connectivity index (χ3v) is 3.79. The number of hydrogen-bond donors (Lipinski definition) is 2. The Hall–Kier alpha value is -3.28. The highest BCUT2D eigenvalue weighted by Crippen LogP contribution is 2.19. The van der Waals surface area contributed by atoms with Crippen LogP contribution >= 0.6 is 0 Å². The zero-order chi connectivity index (χ0) is 18.5. The first kappa shape index (κ1) is 17.5. The molecule has 6 heteroatoms. The number of ketones is 1. The smallest absolute Gasteiger partial charge is 0.159 e. The number of Topliss-reactive ketones (excluding diaryl/α,β-unsaturated/α-hetero) is 1. The van der Waals surface area contributed by atoms with Crippen LogP contribution in [-0.2, 0) is 6.54 Å². The molecule has 26 heavy (non-hydrogen) atoms. The van der Waals surface area contributed by atoms with Gasteiger partial charge in [-0.2, -0.15) is 0 Å². The van der Waals surface area contributed by atoms with Crippen molar-refractivity contribution < 1.29 is 9.18 Å². The fourth-order valence-electron chi connectivity index (χ4n) is 2.45. The van der Waals surface area contributed by atoms with Crippen molar-refractivity contribution in [3.63, 3.8) is 0 Å². The summed E-state index contributed by atoms with van der Waals surface area (Å²) in [5.41, 5.74) is 2.45. The van der Waals surface area contributed by atoms with Crippen molar-refractivity contribution in [2.24, 2.45) is 0 Å². The molecule has 132 valence electrons. The van der Waals surface area contributed by atoms with Gasteiger partial charge in [0, 0.05) is 23.9 Å². The van der Waals surface area contributed by atoms with E-state index in [9.17, 15) is 9.18 Å². The van der Waals surface area contributed by atoms with E-state index in [4.69, 9.17) is 0 Å². The molecule has 0 amide bonds. The predicted octanol–water partition coefficient (Wildman–Crippen LogP) is 4.48. The molecule has 0 aliphatic heterocycles. The average Bonchev–Trinajstić information content (AvgIpc) is 2.61. The molecule has 3 rings (SSSR count). The number of aryl methyl sites for hydroxylation is 1. The molecule has 0 saturated heterocycles. The molecular formula is C20H19FN4O. The third kappa shape index (κ3) is 4.63. The lowest BCUT2D eigenvalue weighted by Gasteiger charge is -2.11. The Kier molecular flexibility index (Phi) is 5.22. The summed E-state index contributed by atoms with van der Waals surface area (Å²) in [6, 6.07) is 15.3. The van der Waals surface area contributed by atoms with E-state index in [1.165, 1.54) is 19.1 Å². The molecule has 0 spiro atoms. The number of aromatic nitrogens is 2. The predicted molar refractivity (Wildman–Crippen MR) is 100 cm³/mol. The number of rotatable bonds is 6. The van der Waals surface area contributed by atoms with Crippen molar-refractivity contribution in [2.45, 2.75) is 20.4 Å². The van der Waals surface area contributed by atoms with E-state index < -0.39 is 0 Å². The molecule has 5 nitrogen and oxygen atoms in total. The topological polar surface area (TPSA) is 66.9 Å². The summed E-state index contributed by atoms with van der Waals surface area (Å²) in [6.07, 6.45) is 0. The zero-order valence-electron chi connectivity index (χ0n) is 14.6. The van der Waals surface area contributed by atoms with Crippen molar-refractivity contribution >= 4 is 23.1 Å². The van der Waals surface area contributed by atoms with Crippen LogP contribution in [-0.4, -0.2) is 15.8 Å². The van der Waals surface area contributed by atoms with E-state index in [1.807, 2.05) is 19.1 Å². The number of halogens is 1. The standard InChI is InChI=1S/C20H19FN4O/c1-13(26)16-5-9-18(10-6-16)25-20-11-19(23-14(2)24-20)22-12-15-3-7-17(21)8-4-15/h3-11H,12H2,1-2H3,(H2,22,23,24,25). The minimum absolute atomic E-state index is 0.0294. The molecule has 2 N–H and O–H groups in total. The highest BCUT2D eigenvalue weighted by molar-refractivity contribution is 5.94. The SMILES string of the molecule is CC(=O)c1ccc(Nc2cc(NCc3ccc(F)cc3)nc(C)n2)cc1. The lowest BCUT2D eigenvalue weighted by molar-refractivity contribution is 0.101. The van der Waals surface area contributed by atoms with E-state index in [2.05, 4.69) is 20.6 Å². The molecule has 2 aromatic carbocycles. The molecule has 0 aliphatic rings. The van der Waals surface area contributed by atoms with Gasteiger partial charge in [0.15, 0.2) is 5.78 Å². The number of hydrogen-bond acceptors (Lipinski definition) is 5. The van der Waals surface area contributed by atoms with Gasteiger partial charge >= 0.3 is 0 Å². The molecule has 0 bridgehead atoms. The Morgan fingerprint density at radius 1 is 1.00 bits per heavy atom. The molecule has 0 aliphatic carbocycles. The van der Waals surface area contributed by atoms with E-state index >= 15 is 0 Å². The third-order valence-electron chi connectivity index (χ3n) is 3.79. The van der Waals surface area contributed by atoms with E-state index in [1.54, 1.807) is 30.3 Å². The summed E-state index contributed by atoms with van der Waals surface area (Å²) < 4.78 is 13.0. The second-order valence-electron chi connectivity index (χ2n) is 5.92. The molecule has 1 heterocycles. The van der Waals surface area contributed by atoms with Crippen LogP contribution < -0.4 is 10.6 Å². The highest BCUT2D eigenvalue weighted by atomic mass is 19.1. The monoisotopic (exact) mass is 350 g/mol. The van der Waals surface area contributed by atoms with Gasteiger partial charge in [-0.15, -0.1) is 0 Å². The van der Waals surface area contributed by atoms with Crippen molar-refractivity contribution in [1.29, 1.82) is 0 Å². The lowest BCUT2D eigenvalue weighted by Crippen LogP contribution is -2.05. The molecule has 0 unspecified atom stereocenters. The van der Waals surface area contributed by atoms with Crippen LogP contribution in [0.15, 0.2) is 54.6 Å². The lowest BCUT2D eigenvalue weighted by atomic mass is 10.1.